The summed E-state index contributed by atoms with van der Waals surface area (Å²) in [5, 5.41) is 18.6. The first kappa shape index (κ1) is 15.6. The highest BCUT2D eigenvalue weighted by molar-refractivity contribution is 6.01. The van der Waals surface area contributed by atoms with Crippen molar-refractivity contribution in [2.75, 3.05) is 0 Å². The summed E-state index contributed by atoms with van der Waals surface area (Å²) in [5.41, 5.74) is 0.791. The average molecular weight is 322 g/mol. The van der Waals surface area contributed by atoms with Gasteiger partial charge in [-0.2, -0.15) is 5.26 Å². The minimum atomic E-state index is -1.16. The van der Waals surface area contributed by atoms with Gasteiger partial charge in [0.15, 0.2) is 0 Å². The first-order chi connectivity index (χ1) is 11.5. The number of carboxylic acids is 1. The van der Waals surface area contributed by atoms with E-state index in [0.717, 1.165) is 4.90 Å². The van der Waals surface area contributed by atoms with Gasteiger partial charge in [0, 0.05) is 11.1 Å². The fourth-order valence-corrected chi connectivity index (χ4v) is 2.71. The Morgan fingerprint density at radius 3 is 2.58 bits per heavy atom. The number of carboxylic acid groups (broad SMARTS) is 1. The van der Waals surface area contributed by atoms with Crippen LogP contribution in [0.15, 0.2) is 48.5 Å². The van der Waals surface area contributed by atoms with E-state index in [9.17, 15) is 20.0 Å². The Hall–Kier alpha value is -3.33. The average Bonchev–Trinajstić information content (AvgIpc) is 2.86. The van der Waals surface area contributed by atoms with Crippen molar-refractivity contribution in [1.29, 1.82) is 5.26 Å². The molecule has 1 aliphatic rings. The Morgan fingerprint density at radius 2 is 1.96 bits per heavy atom. The molecule has 1 amide bonds. The van der Waals surface area contributed by atoms with Gasteiger partial charge in [0.1, 0.15) is 23.6 Å². The van der Waals surface area contributed by atoms with E-state index in [2.05, 4.69) is 0 Å². The molecule has 6 heteroatoms. The second-order valence-corrected chi connectivity index (χ2v) is 5.42. The largest absolute Gasteiger partial charge is 0.480 e. The Morgan fingerprint density at radius 1 is 1.25 bits per heavy atom. The highest BCUT2D eigenvalue weighted by Crippen LogP contribution is 2.37. The molecule has 2 unspecified atom stereocenters. The van der Waals surface area contributed by atoms with E-state index in [0.29, 0.717) is 22.6 Å². The molecule has 0 fully saturated rings. The molecule has 6 nitrogen and oxygen atoms in total. The zero-order chi connectivity index (χ0) is 17.3. The Kier molecular flexibility index (Phi) is 3.92. The quantitative estimate of drug-likeness (QED) is 0.934. The standard InChI is InChI=1S/C18H14N2O4/c1-11(18(22)23)20-16(10-19)15-9-13(7-8-14(15)17(20)21)24-12-5-3-2-4-6-12/h2-9,11,16H,1H3,(H,22,23). The van der Waals surface area contributed by atoms with Crippen molar-refractivity contribution in [3.63, 3.8) is 0 Å². The van der Waals surface area contributed by atoms with Crippen LogP contribution < -0.4 is 4.74 Å². The molecule has 0 bridgehead atoms. The van der Waals surface area contributed by atoms with Crippen LogP contribution in [0.4, 0.5) is 0 Å². The molecule has 0 aliphatic carbocycles. The van der Waals surface area contributed by atoms with E-state index in [-0.39, 0.29) is 0 Å². The minimum absolute atomic E-state index is 0.329. The Labute approximate surface area is 138 Å². The van der Waals surface area contributed by atoms with E-state index in [1.54, 1.807) is 30.3 Å². The number of nitriles is 1. The maximum atomic E-state index is 12.5. The molecule has 2 atom stereocenters. The molecule has 0 aromatic heterocycles. The van der Waals surface area contributed by atoms with Gasteiger partial charge in [0.25, 0.3) is 5.91 Å². The van der Waals surface area contributed by atoms with Crippen LogP contribution in [0.1, 0.15) is 28.9 Å². The molecule has 3 rings (SSSR count). The third kappa shape index (κ3) is 2.57. The number of rotatable bonds is 4. The van der Waals surface area contributed by atoms with Gasteiger partial charge in [-0.1, -0.05) is 18.2 Å². The van der Waals surface area contributed by atoms with Crippen LogP contribution in [-0.2, 0) is 4.79 Å². The van der Waals surface area contributed by atoms with Gasteiger partial charge in [-0.15, -0.1) is 0 Å². The minimum Gasteiger partial charge on any atom is -0.480 e. The highest BCUT2D eigenvalue weighted by atomic mass is 16.5. The molecule has 0 spiro atoms. The van der Waals surface area contributed by atoms with Crippen molar-refractivity contribution in [3.05, 3.63) is 59.7 Å². The van der Waals surface area contributed by atoms with Gasteiger partial charge in [-0.05, 0) is 37.3 Å². The normalized spacial score (nSPS) is 17.1. The first-order valence-electron chi connectivity index (χ1n) is 7.35. The Balaban J connectivity index is 1.96. The van der Waals surface area contributed by atoms with Crippen LogP contribution in [0.2, 0.25) is 0 Å². The van der Waals surface area contributed by atoms with Gasteiger partial charge < -0.3 is 14.7 Å². The number of fused-ring (bicyclic) bond motifs is 1. The summed E-state index contributed by atoms with van der Waals surface area (Å²) in [7, 11) is 0. The van der Waals surface area contributed by atoms with Crippen LogP contribution in [0, 0.1) is 11.3 Å². The lowest BCUT2D eigenvalue weighted by Gasteiger charge is -2.24. The summed E-state index contributed by atoms with van der Waals surface area (Å²) in [6.45, 7) is 1.39. The third-order valence-electron chi connectivity index (χ3n) is 3.94. The molecule has 1 heterocycles. The number of carbonyl (C=O) groups is 2. The van der Waals surface area contributed by atoms with Gasteiger partial charge in [-0.3, -0.25) is 4.79 Å². The van der Waals surface area contributed by atoms with E-state index < -0.39 is 24.0 Å². The maximum absolute atomic E-state index is 12.5. The number of amides is 1. The summed E-state index contributed by atoms with van der Waals surface area (Å²) in [6, 6.07) is 13.9. The fraction of sp³-hybridized carbons (Fsp3) is 0.167. The van der Waals surface area contributed by atoms with Crippen LogP contribution in [0.25, 0.3) is 0 Å². The molecular weight excluding hydrogens is 308 g/mol. The van der Waals surface area contributed by atoms with E-state index >= 15 is 0 Å². The molecule has 2 aromatic rings. The molecule has 0 saturated carbocycles. The number of hydrogen-bond acceptors (Lipinski definition) is 4. The second kappa shape index (κ2) is 6.05. The van der Waals surface area contributed by atoms with Gasteiger partial charge in [-0.25, -0.2) is 4.79 Å². The number of carbonyl (C=O) groups excluding carboxylic acids is 1. The molecule has 1 aliphatic heterocycles. The number of para-hydroxylation sites is 1. The summed E-state index contributed by atoms with van der Waals surface area (Å²) in [4.78, 5) is 24.8. The number of benzene rings is 2. The lowest BCUT2D eigenvalue weighted by atomic mass is 10.0. The van der Waals surface area contributed by atoms with Crippen molar-refractivity contribution in [2.45, 2.75) is 19.0 Å². The molecule has 24 heavy (non-hydrogen) atoms. The molecular formula is C18H14N2O4. The maximum Gasteiger partial charge on any atom is 0.326 e. The smallest absolute Gasteiger partial charge is 0.326 e. The molecule has 2 aromatic carbocycles. The number of hydrogen-bond donors (Lipinski definition) is 1. The number of nitrogens with zero attached hydrogens (tertiary/aromatic N) is 2. The number of aliphatic carboxylic acids is 1. The zero-order valence-corrected chi connectivity index (χ0v) is 12.8. The van der Waals surface area contributed by atoms with Crippen molar-refractivity contribution < 1.29 is 19.4 Å². The molecule has 120 valence electrons. The highest BCUT2D eigenvalue weighted by Gasteiger charge is 2.42. The van der Waals surface area contributed by atoms with Crippen molar-refractivity contribution in [1.82, 2.24) is 4.90 Å². The summed E-state index contributed by atoms with van der Waals surface area (Å²) in [6.07, 6.45) is 0. The SMILES string of the molecule is CC(C(=O)O)N1C(=O)c2ccc(Oc3ccccc3)cc2C1C#N. The van der Waals surface area contributed by atoms with Gasteiger partial charge >= 0.3 is 5.97 Å². The summed E-state index contributed by atoms with van der Waals surface area (Å²) >= 11 is 0. The monoisotopic (exact) mass is 322 g/mol. The van der Waals surface area contributed by atoms with E-state index in [1.807, 2.05) is 24.3 Å². The van der Waals surface area contributed by atoms with Crippen LogP contribution in [-0.4, -0.2) is 27.9 Å². The molecule has 0 saturated heterocycles. The lowest BCUT2D eigenvalue weighted by molar-refractivity contribution is -0.142. The van der Waals surface area contributed by atoms with Crippen LogP contribution >= 0.6 is 0 Å². The first-order valence-corrected chi connectivity index (χ1v) is 7.35. The van der Waals surface area contributed by atoms with Crippen molar-refractivity contribution in [3.8, 4) is 17.6 Å². The van der Waals surface area contributed by atoms with E-state index in [4.69, 9.17) is 4.74 Å². The predicted molar refractivity (Wildman–Crippen MR) is 84.6 cm³/mol. The Bertz CT molecular complexity index is 842. The topological polar surface area (TPSA) is 90.6 Å². The third-order valence-corrected chi connectivity index (χ3v) is 3.94. The van der Waals surface area contributed by atoms with Crippen molar-refractivity contribution in [2.24, 2.45) is 0 Å². The second-order valence-electron chi connectivity index (χ2n) is 5.42. The predicted octanol–water partition coefficient (Wildman–Crippen LogP) is 2.97. The van der Waals surface area contributed by atoms with Crippen LogP contribution in [0.3, 0.4) is 0 Å². The molecule has 1 N–H and O–H groups in total. The van der Waals surface area contributed by atoms with Gasteiger partial charge in [0.05, 0.1) is 6.07 Å². The number of ether oxygens (including phenoxy) is 1. The summed E-state index contributed by atoms with van der Waals surface area (Å²) in [5.74, 6) is -0.501. The fourth-order valence-electron chi connectivity index (χ4n) is 2.71. The molecule has 0 radical (unpaired) electrons. The lowest BCUT2D eigenvalue weighted by Crippen LogP contribution is -2.41. The van der Waals surface area contributed by atoms with Gasteiger partial charge in [0.2, 0.25) is 0 Å². The summed E-state index contributed by atoms with van der Waals surface area (Å²) < 4.78 is 5.72. The van der Waals surface area contributed by atoms with E-state index in [1.165, 1.54) is 6.92 Å². The van der Waals surface area contributed by atoms with Crippen LogP contribution in [0.5, 0.6) is 11.5 Å². The van der Waals surface area contributed by atoms with Crippen molar-refractivity contribution >= 4 is 11.9 Å². The zero-order valence-electron chi connectivity index (χ0n) is 12.8.